The Morgan fingerprint density at radius 3 is 2.58 bits per heavy atom. The molecule has 3 aromatic rings. The molecule has 2 N–H and O–H groups in total. The van der Waals surface area contributed by atoms with Crippen molar-refractivity contribution in [3.63, 3.8) is 0 Å². The fraction of sp³-hybridized carbons (Fsp3) is 0.381. The minimum absolute atomic E-state index is 0.0619. The second kappa shape index (κ2) is 9.54. The molecule has 0 saturated carbocycles. The number of nitrogens with one attached hydrogen (secondary N) is 2. The van der Waals surface area contributed by atoms with Gasteiger partial charge in [-0.2, -0.15) is 0 Å². The number of hydrogen-bond donors (Lipinski definition) is 2. The first kappa shape index (κ1) is 23.5. The molecular weight excluding hydrogens is 454 g/mol. The SMILES string of the molecule is CCC(C)Cc1c(C)sc2nc(SCC(=O)Nc3ccc(S(C)(=O)=O)cc3)[nH]c(=O)c12. The zero-order valence-corrected chi connectivity index (χ0v) is 20.3. The van der Waals surface area contributed by atoms with Gasteiger partial charge in [0.15, 0.2) is 15.0 Å². The molecule has 7 nitrogen and oxygen atoms in total. The van der Waals surface area contributed by atoms with E-state index < -0.39 is 9.84 Å². The predicted octanol–water partition coefficient (Wildman–Crippen LogP) is 4.02. The standard InChI is InChI=1S/C21H25N3O4S3/c1-5-12(2)10-16-13(3)30-20-18(16)19(26)23-21(24-20)29-11-17(25)22-14-6-8-15(9-7-14)31(4,27)28/h6-9,12H,5,10-11H2,1-4H3,(H,22,25)(H,23,24,26). The summed E-state index contributed by atoms with van der Waals surface area (Å²) in [5.74, 6) is 0.270. The Bertz CT molecular complexity index is 1260. The Morgan fingerprint density at radius 2 is 1.97 bits per heavy atom. The van der Waals surface area contributed by atoms with Gasteiger partial charge in [-0.25, -0.2) is 13.4 Å². The van der Waals surface area contributed by atoms with Gasteiger partial charge in [0.05, 0.1) is 16.0 Å². The number of anilines is 1. The second-order valence-corrected chi connectivity index (χ2v) is 11.7. The molecule has 0 saturated heterocycles. The van der Waals surface area contributed by atoms with Crippen LogP contribution in [0.25, 0.3) is 10.2 Å². The predicted molar refractivity (Wildman–Crippen MR) is 127 cm³/mol. The van der Waals surface area contributed by atoms with Crippen LogP contribution in [0.2, 0.25) is 0 Å². The van der Waals surface area contributed by atoms with E-state index in [2.05, 4.69) is 29.1 Å². The first-order valence-corrected chi connectivity index (χ1v) is 13.5. The van der Waals surface area contributed by atoms with Gasteiger partial charge in [0, 0.05) is 16.8 Å². The molecule has 31 heavy (non-hydrogen) atoms. The van der Waals surface area contributed by atoms with Crippen LogP contribution in [-0.2, 0) is 21.1 Å². The lowest BCUT2D eigenvalue weighted by molar-refractivity contribution is -0.113. The summed E-state index contributed by atoms with van der Waals surface area (Å²) in [6.45, 7) is 6.32. The number of thiophene rings is 1. The minimum atomic E-state index is -3.28. The fourth-order valence-electron chi connectivity index (χ4n) is 3.08. The van der Waals surface area contributed by atoms with Crippen LogP contribution in [0.3, 0.4) is 0 Å². The molecule has 10 heteroatoms. The van der Waals surface area contributed by atoms with Crippen LogP contribution >= 0.6 is 23.1 Å². The molecule has 2 heterocycles. The van der Waals surface area contributed by atoms with Gasteiger partial charge in [-0.15, -0.1) is 11.3 Å². The average Bonchev–Trinajstić information content (AvgIpc) is 3.01. The topological polar surface area (TPSA) is 109 Å². The van der Waals surface area contributed by atoms with Crippen molar-refractivity contribution in [3.8, 4) is 0 Å². The van der Waals surface area contributed by atoms with Gasteiger partial charge < -0.3 is 10.3 Å². The summed E-state index contributed by atoms with van der Waals surface area (Å²) < 4.78 is 23.0. The molecular formula is C21H25N3O4S3. The molecule has 0 aliphatic rings. The largest absolute Gasteiger partial charge is 0.325 e. The summed E-state index contributed by atoms with van der Waals surface area (Å²) in [7, 11) is -3.28. The van der Waals surface area contributed by atoms with E-state index in [4.69, 9.17) is 0 Å². The highest BCUT2D eigenvalue weighted by molar-refractivity contribution is 7.99. The van der Waals surface area contributed by atoms with Crippen LogP contribution in [0.1, 0.15) is 30.7 Å². The normalized spacial score (nSPS) is 12.8. The molecule has 0 aliphatic carbocycles. The number of carbonyl (C=O) groups excluding carboxylic acids is 1. The van der Waals surface area contributed by atoms with Crippen molar-refractivity contribution in [2.45, 2.75) is 43.7 Å². The lowest BCUT2D eigenvalue weighted by Crippen LogP contribution is -2.16. The van der Waals surface area contributed by atoms with Crippen molar-refractivity contribution in [1.29, 1.82) is 0 Å². The van der Waals surface area contributed by atoms with Crippen LogP contribution in [0.4, 0.5) is 5.69 Å². The molecule has 3 rings (SSSR count). The summed E-state index contributed by atoms with van der Waals surface area (Å²) in [4.78, 5) is 34.3. The average molecular weight is 480 g/mol. The fourth-order valence-corrected chi connectivity index (χ4v) is 5.48. The first-order chi connectivity index (χ1) is 14.6. The van der Waals surface area contributed by atoms with Gasteiger partial charge in [0.25, 0.3) is 5.56 Å². The number of H-pyrrole nitrogens is 1. The van der Waals surface area contributed by atoms with E-state index in [1.54, 1.807) is 12.1 Å². The van der Waals surface area contributed by atoms with E-state index in [0.29, 0.717) is 27.0 Å². The minimum Gasteiger partial charge on any atom is -0.325 e. The van der Waals surface area contributed by atoms with Crippen molar-refractivity contribution in [2.24, 2.45) is 5.92 Å². The van der Waals surface area contributed by atoms with E-state index in [0.717, 1.165) is 41.3 Å². The summed E-state index contributed by atoms with van der Waals surface area (Å²) in [6.07, 6.45) is 3.02. The highest BCUT2D eigenvalue weighted by Crippen LogP contribution is 2.30. The third-order valence-corrected chi connectivity index (χ3v) is 8.04. The molecule has 0 spiro atoms. The van der Waals surface area contributed by atoms with Gasteiger partial charge in [-0.05, 0) is 49.1 Å². The van der Waals surface area contributed by atoms with Crippen molar-refractivity contribution in [1.82, 2.24) is 9.97 Å². The first-order valence-electron chi connectivity index (χ1n) is 9.83. The lowest BCUT2D eigenvalue weighted by Gasteiger charge is -2.08. The number of benzene rings is 1. The maximum Gasteiger partial charge on any atom is 0.260 e. The quantitative estimate of drug-likeness (QED) is 0.373. The van der Waals surface area contributed by atoms with Crippen molar-refractivity contribution >= 4 is 54.7 Å². The van der Waals surface area contributed by atoms with E-state index in [-0.39, 0.29) is 22.1 Å². The van der Waals surface area contributed by atoms with Crippen LogP contribution in [0, 0.1) is 12.8 Å². The van der Waals surface area contributed by atoms with Gasteiger partial charge >= 0.3 is 0 Å². The number of carbonyl (C=O) groups is 1. The number of sulfone groups is 1. The van der Waals surface area contributed by atoms with Gasteiger partial charge in [-0.3, -0.25) is 9.59 Å². The Balaban J connectivity index is 1.69. The Kier molecular flexibility index (Phi) is 7.23. The van der Waals surface area contributed by atoms with Crippen molar-refractivity contribution in [2.75, 3.05) is 17.3 Å². The highest BCUT2D eigenvalue weighted by Gasteiger charge is 2.17. The van der Waals surface area contributed by atoms with Crippen molar-refractivity contribution < 1.29 is 13.2 Å². The maximum absolute atomic E-state index is 12.7. The number of fused-ring (bicyclic) bond motifs is 1. The zero-order valence-electron chi connectivity index (χ0n) is 17.8. The molecule has 0 fully saturated rings. The third kappa shape index (κ3) is 5.75. The Morgan fingerprint density at radius 1 is 1.29 bits per heavy atom. The lowest BCUT2D eigenvalue weighted by atomic mass is 9.98. The number of rotatable bonds is 8. The summed E-state index contributed by atoms with van der Waals surface area (Å²) in [5, 5.41) is 3.77. The second-order valence-electron chi connectivity index (χ2n) is 7.54. The van der Waals surface area contributed by atoms with Crippen LogP contribution in [-0.4, -0.2) is 36.3 Å². The molecule has 0 aliphatic heterocycles. The number of aromatic nitrogens is 2. The number of aromatic amines is 1. The van der Waals surface area contributed by atoms with Gasteiger partial charge in [0.2, 0.25) is 5.91 Å². The smallest absolute Gasteiger partial charge is 0.260 e. The van der Waals surface area contributed by atoms with Crippen LogP contribution < -0.4 is 10.9 Å². The number of nitrogens with zero attached hydrogens (tertiary/aromatic N) is 1. The van der Waals surface area contributed by atoms with Crippen LogP contribution in [0.15, 0.2) is 39.1 Å². The maximum atomic E-state index is 12.7. The Labute approximate surface area is 189 Å². The summed E-state index contributed by atoms with van der Waals surface area (Å²) >= 11 is 2.66. The number of amides is 1. The number of thioether (sulfide) groups is 1. The molecule has 2 aromatic heterocycles. The van der Waals surface area contributed by atoms with E-state index in [1.165, 1.54) is 23.5 Å². The van der Waals surface area contributed by atoms with Crippen LogP contribution in [0.5, 0.6) is 0 Å². The molecule has 1 aromatic carbocycles. The molecule has 1 atom stereocenters. The monoisotopic (exact) mass is 479 g/mol. The van der Waals surface area contributed by atoms with E-state index >= 15 is 0 Å². The number of aryl methyl sites for hydroxylation is 1. The van der Waals surface area contributed by atoms with E-state index in [9.17, 15) is 18.0 Å². The highest BCUT2D eigenvalue weighted by atomic mass is 32.2. The number of hydrogen-bond acceptors (Lipinski definition) is 7. The molecule has 1 amide bonds. The zero-order chi connectivity index (χ0) is 22.8. The molecule has 0 bridgehead atoms. The van der Waals surface area contributed by atoms with E-state index in [1.807, 2.05) is 6.92 Å². The summed E-state index contributed by atoms with van der Waals surface area (Å²) in [6, 6.07) is 5.97. The molecule has 1 unspecified atom stereocenters. The molecule has 0 radical (unpaired) electrons. The van der Waals surface area contributed by atoms with Gasteiger partial charge in [0.1, 0.15) is 4.83 Å². The van der Waals surface area contributed by atoms with Gasteiger partial charge in [-0.1, -0.05) is 32.0 Å². The van der Waals surface area contributed by atoms with Crippen molar-refractivity contribution in [3.05, 3.63) is 45.1 Å². The Hall–Kier alpha value is -2.17. The third-order valence-electron chi connectivity index (χ3n) is 5.00. The molecule has 166 valence electrons. The summed E-state index contributed by atoms with van der Waals surface area (Å²) in [5.41, 5.74) is 1.39.